The number of nitrogens with one attached hydrogen (secondary N) is 1. The molecule has 2 aromatic rings. The number of hydrogen-bond acceptors (Lipinski definition) is 4. The lowest BCUT2D eigenvalue weighted by molar-refractivity contribution is -0.122. The average molecular weight is 385 g/mol. The van der Waals surface area contributed by atoms with Gasteiger partial charge in [-0.15, -0.1) is 0 Å². The highest BCUT2D eigenvalue weighted by atomic mass is 32.1. The highest BCUT2D eigenvalue weighted by Gasteiger charge is 2.30. The van der Waals surface area contributed by atoms with Crippen LogP contribution in [0.25, 0.3) is 16.8 Å². The van der Waals surface area contributed by atoms with Gasteiger partial charge < -0.3 is 14.8 Å². The van der Waals surface area contributed by atoms with E-state index in [1.165, 1.54) is 0 Å². The van der Waals surface area contributed by atoms with E-state index in [0.29, 0.717) is 30.6 Å². The van der Waals surface area contributed by atoms with E-state index in [1.807, 2.05) is 57.2 Å². The van der Waals surface area contributed by atoms with Gasteiger partial charge in [-0.2, -0.15) is 0 Å². The van der Waals surface area contributed by atoms with Gasteiger partial charge in [-0.3, -0.25) is 9.69 Å². The Kier molecular flexibility index (Phi) is 5.96. The van der Waals surface area contributed by atoms with Crippen LogP contribution in [0, 0.1) is 0 Å². The van der Waals surface area contributed by atoms with Gasteiger partial charge in [0.05, 0.1) is 13.2 Å². The van der Waals surface area contributed by atoms with Gasteiger partial charge in [-0.05, 0) is 67.5 Å². The first-order valence-electron chi connectivity index (χ1n) is 9.25. The maximum Gasteiger partial charge on any atom is 0.276 e. The molecule has 0 aromatic heterocycles. The van der Waals surface area contributed by atoms with Gasteiger partial charge in [0.25, 0.3) is 5.91 Å². The van der Waals surface area contributed by atoms with E-state index < -0.39 is 0 Å². The molecule has 0 unspecified atom stereocenters. The third kappa shape index (κ3) is 3.90. The molecule has 6 heteroatoms. The van der Waals surface area contributed by atoms with Crippen LogP contribution < -0.4 is 14.8 Å². The van der Waals surface area contributed by atoms with Crippen LogP contribution in [0.4, 0.5) is 0 Å². The van der Waals surface area contributed by atoms with E-state index >= 15 is 0 Å². The standard InChI is InChI=1S/C21H24N2O3S/c1-4-11-23-20(24)18(22-21(23)27)13-17-16-12-15(25-5-2)9-7-14(16)8-10-19(17)26-6-3/h7-10,12-13H,4-6,11H2,1-3H3,(H,22,27)/b18-13-. The lowest BCUT2D eigenvalue weighted by atomic mass is 10.0. The van der Waals surface area contributed by atoms with Crippen LogP contribution in [-0.2, 0) is 4.79 Å². The highest BCUT2D eigenvalue weighted by molar-refractivity contribution is 7.80. The predicted molar refractivity (Wildman–Crippen MR) is 112 cm³/mol. The summed E-state index contributed by atoms with van der Waals surface area (Å²) < 4.78 is 11.5. The van der Waals surface area contributed by atoms with E-state index in [4.69, 9.17) is 21.7 Å². The number of amides is 1. The molecule has 1 aliphatic rings. The number of benzene rings is 2. The van der Waals surface area contributed by atoms with Crippen molar-refractivity contribution in [2.24, 2.45) is 0 Å². The third-order valence-corrected chi connectivity index (χ3v) is 4.63. The lowest BCUT2D eigenvalue weighted by Gasteiger charge is -2.13. The summed E-state index contributed by atoms with van der Waals surface area (Å²) in [4.78, 5) is 14.3. The number of rotatable bonds is 7. The van der Waals surface area contributed by atoms with Crippen molar-refractivity contribution in [3.05, 3.63) is 41.6 Å². The number of fused-ring (bicyclic) bond motifs is 1. The summed E-state index contributed by atoms with van der Waals surface area (Å²) in [5, 5.41) is 5.50. The largest absolute Gasteiger partial charge is 0.494 e. The first-order valence-corrected chi connectivity index (χ1v) is 9.66. The molecule has 27 heavy (non-hydrogen) atoms. The summed E-state index contributed by atoms with van der Waals surface area (Å²) in [6.45, 7) is 7.64. The second-order valence-electron chi connectivity index (χ2n) is 6.17. The second-order valence-corrected chi connectivity index (χ2v) is 6.56. The van der Waals surface area contributed by atoms with Crippen molar-refractivity contribution in [3.8, 4) is 11.5 Å². The highest BCUT2D eigenvalue weighted by Crippen LogP contribution is 2.33. The number of thiocarbonyl (C=S) groups is 1. The molecule has 1 saturated heterocycles. The molecule has 1 fully saturated rings. The van der Waals surface area contributed by atoms with E-state index in [9.17, 15) is 4.79 Å². The Bertz CT molecular complexity index is 902. The van der Waals surface area contributed by atoms with Crippen LogP contribution in [-0.4, -0.2) is 35.7 Å². The summed E-state index contributed by atoms with van der Waals surface area (Å²) >= 11 is 5.31. The minimum atomic E-state index is -0.109. The number of carbonyl (C=O) groups excluding carboxylic acids is 1. The molecule has 142 valence electrons. The van der Waals surface area contributed by atoms with Crippen LogP contribution in [0.1, 0.15) is 32.8 Å². The Hall–Kier alpha value is -2.60. The van der Waals surface area contributed by atoms with Gasteiger partial charge >= 0.3 is 0 Å². The van der Waals surface area contributed by atoms with Crippen molar-refractivity contribution in [2.45, 2.75) is 27.2 Å². The lowest BCUT2D eigenvalue weighted by Crippen LogP contribution is -2.31. The fourth-order valence-electron chi connectivity index (χ4n) is 3.13. The van der Waals surface area contributed by atoms with Gasteiger partial charge in [-0.25, -0.2) is 0 Å². The second kappa shape index (κ2) is 8.39. The van der Waals surface area contributed by atoms with Gasteiger partial charge in [0, 0.05) is 12.1 Å². The fourth-order valence-corrected chi connectivity index (χ4v) is 3.42. The molecule has 0 atom stereocenters. The molecule has 5 nitrogen and oxygen atoms in total. The first-order chi connectivity index (χ1) is 13.1. The Morgan fingerprint density at radius 3 is 2.56 bits per heavy atom. The van der Waals surface area contributed by atoms with Crippen molar-refractivity contribution in [1.29, 1.82) is 0 Å². The summed E-state index contributed by atoms with van der Waals surface area (Å²) in [5.74, 6) is 1.40. The van der Waals surface area contributed by atoms with Gasteiger partial charge in [-0.1, -0.05) is 19.1 Å². The van der Waals surface area contributed by atoms with Gasteiger partial charge in [0.15, 0.2) is 5.11 Å². The quantitative estimate of drug-likeness (QED) is 0.575. The summed E-state index contributed by atoms with van der Waals surface area (Å²) in [6.07, 6.45) is 2.67. The van der Waals surface area contributed by atoms with Crippen LogP contribution >= 0.6 is 12.2 Å². The van der Waals surface area contributed by atoms with Crippen LogP contribution in [0.3, 0.4) is 0 Å². The summed E-state index contributed by atoms with van der Waals surface area (Å²) in [5.41, 5.74) is 1.30. The van der Waals surface area contributed by atoms with Gasteiger partial charge in [0.2, 0.25) is 0 Å². The molecule has 1 amide bonds. The molecule has 0 aliphatic carbocycles. The third-order valence-electron chi connectivity index (χ3n) is 4.30. The SMILES string of the molecule is CCCN1C(=O)/C(=C/c2c(OCC)ccc3ccc(OCC)cc23)NC1=S. The van der Waals surface area contributed by atoms with Crippen LogP contribution in [0.5, 0.6) is 11.5 Å². The Morgan fingerprint density at radius 2 is 1.85 bits per heavy atom. The molecule has 1 aliphatic heterocycles. The monoisotopic (exact) mass is 384 g/mol. The minimum Gasteiger partial charge on any atom is -0.494 e. The molecular weight excluding hydrogens is 360 g/mol. The first kappa shape index (κ1) is 19.2. The number of nitrogens with zero attached hydrogens (tertiary/aromatic N) is 1. The summed E-state index contributed by atoms with van der Waals surface area (Å²) in [6, 6.07) is 9.88. The zero-order valence-electron chi connectivity index (χ0n) is 15.9. The van der Waals surface area contributed by atoms with E-state index in [-0.39, 0.29) is 5.91 Å². The minimum absolute atomic E-state index is 0.109. The molecular formula is C21H24N2O3S. The summed E-state index contributed by atoms with van der Waals surface area (Å²) in [7, 11) is 0. The zero-order chi connectivity index (χ0) is 19.4. The molecule has 3 rings (SSSR count). The van der Waals surface area contributed by atoms with E-state index in [2.05, 4.69) is 5.32 Å². The molecule has 0 saturated carbocycles. The van der Waals surface area contributed by atoms with Crippen molar-refractivity contribution in [1.82, 2.24) is 10.2 Å². The average Bonchev–Trinajstić information content (AvgIpc) is 2.92. The normalized spacial score (nSPS) is 15.5. The van der Waals surface area contributed by atoms with Gasteiger partial charge in [0.1, 0.15) is 17.2 Å². The Balaban J connectivity index is 2.13. The van der Waals surface area contributed by atoms with E-state index in [1.54, 1.807) is 4.90 Å². The maximum absolute atomic E-state index is 12.7. The predicted octanol–water partition coefficient (Wildman–Crippen LogP) is 4.10. The maximum atomic E-state index is 12.7. The molecule has 0 bridgehead atoms. The number of carbonyl (C=O) groups is 1. The molecule has 0 spiro atoms. The molecule has 0 radical (unpaired) electrons. The van der Waals surface area contributed by atoms with Crippen molar-refractivity contribution >= 4 is 40.1 Å². The molecule has 2 aromatic carbocycles. The van der Waals surface area contributed by atoms with Crippen LogP contribution in [0.2, 0.25) is 0 Å². The van der Waals surface area contributed by atoms with Crippen molar-refractivity contribution in [2.75, 3.05) is 19.8 Å². The Labute approximate surface area is 164 Å². The number of ether oxygens (including phenoxy) is 2. The number of hydrogen-bond donors (Lipinski definition) is 1. The Morgan fingerprint density at radius 1 is 1.11 bits per heavy atom. The topological polar surface area (TPSA) is 50.8 Å². The zero-order valence-corrected chi connectivity index (χ0v) is 16.7. The fraction of sp³-hybridized carbons (Fsp3) is 0.333. The smallest absolute Gasteiger partial charge is 0.276 e. The van der Waals surface area contributed by atoms with Crippen LogP contribution in [0.15, 0.2) is 36.0 Å². The van der Waals surface area contributed by atoms with Crippen molar-refractivity contribution in [3.63, 3.8) is 0 Å². The van der Waals surface area contributed by atoms with Crippen molar-refractivity contribution < 1.29 is 14.3 Å². The molecule has 1 heterocycles. The van der Waals surface area contributed by atoms with E-state index in [0.717, 1.165) is 34.3 Å². The molecule has 1 N–H and O–H groups in total.